The van der Waals surface area contributed by atoms with Gasteiger partial charge in [0.1, 0.15) is 11.9 Å². The Hall–Kier alpha value is -3.22. The fraction of sp³-hybridized carbons (Fsp3) is 0.200. The molecule has 1 aliphatic rings. The van der Waals surface area contributed by atoms with Crippen LogP contribution in [0.25, 0.3) is 11.5 Å². The van der Waals surface area contributed by atoms with Gasteiger partial charge in [0, 0.05) is 42.5 Å². The standard InChI is InChI=1S/C25H22ClFN4O/c26-22-17-19(27)11-12-21(22)23(25-29-28-24(32-25)18-7-3-1-4-8-18)31-15-13-30(14-16-31)20-9-5-2-6-10-20/h1-12,17,23H,13-16H2/t23-/m1/s1. The number of anilines is 1. The molecule has 1 atom stereocenters. The highest BCUT2D eigenvalue weighted by Gasteiger charge is 2.32. The van der Waals surface area contributed by atoms with Gasteiger partial charge in [0.15, 0.2) is 0 Å². The number of halogens is 2. The lowest BCUT2D eigenvalue weighted by Gasteiger charge is -2.39. The van der Waals surface area contributed by atoms with Crippen LogP contribution in [-0.4, -0.2) is 41.3 Å². The first-order chi connectivity index (χ1) is 15.7. The van der Waals surface area contributed by atoms with E-state index in [2.05, 4.69) is 32.1 Å². The average molecular weight is 449 g/mol. The van der Waals surface area contributed by atoms with Gasteiger partial charge in [0.25, 0.3) is 0 Å². The first-order valence-corrected chi connectivity index (χ1v) is 10.9. The minimum Gasteiger partial charge on any atom is -0.419 e. The Bertz CT molecular complexity index is 1180. The normalized spacial score (nSPS) is 15.6. The molecule has 5 nitrogen and oxygen atoms in total. The van der Waals surface area contributed by atoms with Crippen LogP contribution in [0.1, 0.15) is 17.5 Å². The molecule has 0 saturated carbocycles. The van der Waals surface area contributed by atoms with Crippen molar-refractivity contribution >= 4 is 17.3 Å². The Labute approximate surface area is 191 Å². The Morgan fingerprint density at radius 3 is 2.22 bits per heavy atom. The molecule has 3 aromatic carbocycles. The molecule has 1 aliphatic heterocycles. The molecular weight excluding hydrogens is 427 g/mol. The highest BCUT2D eigenvalue weighted by molar-refractivity contribution is 6.31. The van der Waals surface area contributed by atoms with Gasteiger partial charge in [-0.2, -0.15) is 0 Å². The van der Waals surface area contributed by atoms with Crippen molar-refractivity contribution in [1.82, 2.24) is 15.1 Å². The van der Waals surface area contributed by atoms with Gasteiger partial charge in [-0.25, -0.2) is 4.39 Å². The molecule has 0 bridgehead atoms. The molecule has 0 amide bonds. The maximum absolute atomic E-state index is 13.8. The van der Waals surface area contributed by atoms with Crippen LogP contribution in [0, 0.1) is 5.82 Å². The van der Waals surface area contributed by atoms with E-state index in [1.54, 1.807) is 6.07 Å². The van der Waals surface area contributed by atoms with Crippen LogP contribution in [0.5, 0.6) is 0 Å². The molecule has 0 aliphatic carbocycles. The van der Waals surface area contributed by atoms with Crippen LogP contribution in [0.3, 0.4) is 0 Å². The second kappa shape index (κ2) is 9.10. The van der Waals surface area contributed by atoms with Gasteiger partial charge in [-0.1, -0.05) is 54.1 Å². The minimum absolute atomic E-state index is 0.347. The number of hydrogen-bond acceptors (Lipinski definition) is 5. The summed E-state index contributed by atoms with van der Waals surface area (Å²) < 4.78 is 19.9. The van der Waals surface area contributed by atoms with Gasteiger partial charge in [-0.15, -0.1) is 10.2 Å². The summed E-state index contributed by atoms with van der Waals surface area (Å²) in [5, 5.41) is 8.97. The number of hydrogen-bond donors (Lipinski definition) is 0. The molecule has 0 spiro atoms. The van der Waals surface area contributed by atoms with Crippen LogP contribution in [0.2, 0.25) is 5.02 Å². The minimum atomic E-state index is -0.373. The fourth-order valence-electron chi connectivity index (χ4n) is 4.13. The van der Waals surface area contributed by atoms with Crippen LogP contribution < -0.4 is 4.90 Å². The van der Waals surface area contributed by atoms with Crippen molar-refractivity contribution in [3.05, 3.63) is 101 Å². The molecule has 1 saturated heterocycles. The maximum Gasteiger partial charge on any atom is 0.247 e. The van der Waals surface area contributed by atoms with E-state index >= 15 is 0 Å². The van der Waals surface area contributed by atoms with E-state index in [-0.39, 0.29) is 11.9 Å². The van der Waals surface area contributed by atoms with Crippen LogP contribution >= 0.6 is 11.6 Å². The van der Waals surface area contributed by atoms with Crippen molar-refractivity contribution < 1.29 is 8.81 Å². The lowest BCUT2D eigenvalue weighted by Crippen LogP contribution is -2.48. The van der Waals surface area contributed by atoms with E-state index in [0.29, 0.717) is 16.8 Å². The molecule has 5 rings (SSSR count). The van der Waals surface area contributed by atoms with Gasteiger partial charge in [-0.05, 0) is 42.0 Å². The lowest BCUT2D eigenvalue weighted by molar-refractivity contribution is 0.188. The van der Waals surface area contributed by atoms with E-state index < -0.39 is 0 Å². The smallest absolute Gasteiger partial charge is 0.247 e. The molecule has 32 heavy (non-hydrogen) atoms. The highest BCUT2D eigenvalue weighted by Crippen LogP contribution is 2.35. The second-order valence-electron chi connectivity index (χ2n) is 7.74. The third-order valence-corrected chi connectivity index (χ3v) is 6.08. The van der Waals surface area contributed by atoms with Gasteiger partial charge in [0.05, 0.1) is 0 Å². The van der Waals surface area contributed by atoms with Crippen molar-refractivity contribution in [2.24, 2.45) is 0 Å². The van der Waals surface area contributed by atoms with E-state index in [9.17, 15) is 4.39 Å². The SMILES string of the molecule is Fc1ccc([C@H](c2nnc(-c3ccccc3)o2)N2CCN(c3ccccc3)CC2)c(Cl)c1. The van der Waals surface area contributed by atoms with E-state index in [0.717, 1.165) is 37.3 Å². The lowest BCUT2D eigenvalue weighted by atomic mass is 10.0. The fourth-order valence-corrected chi connectivity index (χ4v) is 4.40. The molecule has 1 aromatic heterocycles. The molecule has 7 heteroatoms. The summed E-state index contributed by atoms with van der Waals surface area (Å²) >= 11 is 6.47. The van der Waals surface area contributed by atoms with Crippen molar-refractivity contribution in [3.63, 3.8) is 0 Å². The Morgan fingerprint density at radius 2 is 1.53 bits per heavy atom. The number of benzene rings is 3. The van der Waals surface area contributed by atoms with Crippen LogP contribution in [0.4, 0.5) is 10.1 Å². The quantitative estimate of drug-likeness (QED) is 0.406. The summed E-state index contributed by atoms with van der Waals surface area (Å²) in [4.78, 5) is 4.61. The van der Waals surface area contributed by atoms with E-state index in [1.807, 2.05) is 48.5 Å². The number of nitrogens with zero attached hydrogens (tertiary/aromatic N) is 4. The summed E-state index contributed by atoms with van der Waals surface area (Å²) in [5.41, 5.74) is 2.81. The largest absolute Gasteiger partial charge is 0.419 e. The predicted molar refractivity (Wildman–Crippen MR) is 123 cm³/mol. The zero-order chi connectivity index (χ0) is 21.9. The topological polar surface area (TPSA) is 45.4 Å². The highest BCUT2D eigenvalue weighted by atomic mass is 35.5. The summed E-state index contributed by atoms with van der Waals surface area (Å²) in [6.45, 7) is 3.24. The molecule has 2 heterocycles. The van der Waals surface area contributed by atoms with Gasteiger partial charge in [0.2, 0.25) is 11.8 Å². The molecular formula is C25H22ClFN4O. The zero-order valence-corrected chi connectivity index (χ0v) is 18.1. The van der Waals surface area contributed by atoms with Crippen molar-refractivity contribution in [2.75, 3.05) is 31.1 Å². The van der Waals surface area contributed by atoms with Crippen molar-refractivity contribution in [2.45, 2.75) is 6.04 Å². The molecule has 0 radical (unpaired) electrons. The average Bonchev–Trinajstić information content (AvgIpc) is 3.32. The summed E-state index contributed by atoms with van der Waals surface area (Å²) in [7, 11) is 0. The third kappa shape index (κ3) is 4.24. The number of aromatic nitrogens is 2. The third-order valence-electron chi connectivity index (χ3n) is 5.75. The van der Waals surface area contributed by atoms with Crippen LogP contribution in [0.15, 0.2) is 83.3 Å². The first-order valence-electron chi connectivity index (χ1n) is 10.6. The van der Waals surface area contributed by atoms with E-state index in [4.69, 9.17) is 16.0 Å². The second-order valence-corrected chi connectivity index (χ2v) is 8.15. The van der Waals surface area contributed by atoms with Crippen LogP contribution in [-0.2, 0) is 0 Å². The Kier molecular flexibility index (Phi) is 5.88. The monoisotopic (exact) mass is 448 g/mol. The first kappa shape index (κ1) is 20.7. The Balaban J connectivity index is 1.45. The summed E-state index contributed by atoms with van der Waals surface area (Å²) in [6.07, 6.45) is 0. The molecule has 1 fully saturated rings. The number of piperazine rings is 1. The molecule has 162 valence electrons. The van der Waals surface area contributed by atoms with Gasteiger partial charge >= 0.3 is 0 Å². The van der Waals surface area contributed by atoms with Crippen molar-refractivity contribution in [1.29, 1.82) is 0 Å². The zero-order valence-electron chi connectivity index (χ0n) is 17.4. The van der Waals surface area contributed by atoms with Gasteiger partial charge < -0.3 is 9.32 Å². The number of para-hydroxylation sites is 1. The molecule has 0 N–H and O–H groups in total. The molecule has 4 aromatic rings. The summed E-state index contributed by atoms with van der Waals surface area (Å²) in [6, 6.07) is 24.1. The maximum atomic E-state index is 13.8. The van der Waals surface area contributed by atoms with E-state index in [1.165, 1.54) is 17.8 Å². The van der Waals surface area contributed by atoms with Gasteiger partial charge in [-0.3, -0.25) is 4.90 Å². The predicted octanol–water partition coefficient (Wildman–Crippen LogP) is 5.44. The Morgan fingerprint density at radius 1 is 0.844 bits per heavy atom. The number of rotatable bonds is 5. The summed E-state index contributed by atoms with van der Waals surface area (Å²) in [5.74, 6) is 0.527. The molecule has 0 unspecified atom stereocenters. The van der Waals surface area contributed by atoms with Crippen molar-refractivity contribution in [3.8, 4) is 11.5 Å².